The Morgan fingerprint density at radius 1 is 1.07 bits per heavy atom. The van der Waals surface area contributed by atoms with Crippen molar-refractivity contribution in [3.05, 3.63) is 83.9 Å². The van der Waals surface area contributed by atoms with Gasteiger partial charge in [0.2, 0.25) is 6.41 Å². The smallest absolute Gasteiger partial charge is 0.264 e. The van der Waals surface area contributed by atoms with Crippen LogP contribution in [0.1, 0.15) is 24.5 Å². The SMILES string of the molecule is COc1ccc2c(c1)[C@@]1(O[C@H](CCO)[C@@H]([Si](C)(C)O)[C@@H]1C)C(=O)N2Cc1cccc(N(C=O)c2ccccc2)c1. The van der Waals surface area contributed by atoms with Crippen molar-refractivity contribution in [2.45, 2.75) is 50.2 Å². The van der Waals surface area contributed by atoms with Gasteiger partial charge in [-0.1, -0.05) is 37.3 Å². The highest BCUT2D eigenvalue weighted by molar-refractivity contribution is 6.71. The number of hydrogen-bond acceptors (Lipinski definition) is 6. The third-order valence-electron chi connectivity index (χ3n) is 8.27. The summed E-state index contributed by atoms with van der Waals surface area (Å²) in [7, 11) is -1.20. The minimum absolute atomic E-state index is 0.0985. The van der Waals surface area contributed by atoms with E-state index in [-0.39, 0.29) is 30.5 Å². The number of fused-ring (bicyclic) bond motifs is 2. The number of benzene rings is 3. The Labute approximate surface area is 235 Å². The van der Waals surface area contributed by atoms with E-state index >= 15 is 0 Å². The predicted molar refractivity (Wildman–Crippen MR) is 156 cm³/mol. The van der Waals surface area contributed by atoms with Crippen molar-refractivity contribution in [2.75, 3.05) is 23.5 Å². The quantitative estimate of drug-likeness (QED) is 0.290. The maximum absolute atomic E-state index is 14.5. The molecule has 8 nitrogen and oxygen atoms in total. The summed E-state index contributed by atoms with van der Waals surface area (Å²) in [5.41, 5.74) is 2.15. The van der Waals surface area contributed by atoms with E-state index in [9.17, 15) is 19.5 Å². The van der Waals surface area contributed by atoms with E-state index in [1.54, 1.807) is 16.9 Å². The number of carbonyl (C=O) groups excluding carboxylic acids is 2. The highest BCUT2D eigenvalue weighted by Crippen LogP contribution is 2.60. The molecule has 2 heterocycles. The second-order valence-corrected chi connectivity index (χ2v) is 15.1. The third-order valence-corrected chi connectivity index (χ3v) is 10.8. The Balaban J connectivity index is 1.56. The number of carbonyl (C=O) groups is 2. The van der Waals surface area contributed by atoms with Crippen molar-refractivity contribution >= 4 is 37.7 Å². The topological polar surface area (TPSA) is 99.5 Å². The lowest BCUT2D eigenvalue weighted by atomic mass is 9.82. The monoisotopic (exact) mass is 560 g/mol. The third kappa shape index (κ3) is 4.62. The molecule has 0 aromatic heterocycles. The number of para-hydroxylation sites is 1. The molecule has 0 saturated carbocycles. The molecule has 2 aliphatic heterocycles. The number of hydrogen-bond donors (Lipinski definition) is 2. The molecule has 1 fully saturated rings. The molecule has 1 spiro atoms. The minimum Gasteiger partial charge on any atom is -0.497 e. The standard InChI is InChI=1S/C31H36N2O6Si/c1-21-29(40(3,4)37)28(15-16-34)39-31(21)26-18-25(38-2)13-14-27(26)32(30(31)36)19-22-9-8-12-24(17-22)33(20-35)23-10-6-5-7-11-23/h5-14,17-18,20-21,28-29,34,37H,15-16,19H2,1-4H3/t21-,28+,29-,31+/m0/s1. The van der Waals surface area contributed by atoms with Crippen LogP contribution in [0, 0.1) is 5.92 Å². The first-order valence-corrected chi connectivity index (χ1v) is 16.6. The zero-order chi connectivity index (χ0) is 28.7. The number of anilines is 3. The van der Waals surface area contributed by atoms with Crippen LogP contribution in [0.15, 0.2) is 72.8 Å². The van der Waals surface area contributed by atoms with Crippen LogP contribution in [0.2, 0.25) is 18.6 Å². The lowest BCUT2D eigenvalue weighted by Gasteiger charge is -2.32. The molecule has 1 saturated heterocycles. The number of aliphatic hydroxyl groups is 1. The molecule has 2 aliphatic rings. The second kappa shape index (κ2) is 10.8. The van der Waals surface area contributed by atoms with Crippen molar-refractivity contribution in [3.63, 3.8) is 0 Å². The van der Waals surface area contributed by atoms with E-state index in [0.717, 1.165) is 23.3 Å². The van der Waals surface area contributed by atoms with E-state index in [1.807, 2.05) is 92.8 Å². The van der Waals surface area contributed by atoms with Crippen molar-refractivity contribution in [3.8, 4) is 5.75 Å². The van der Waals surface area contributed by atoms with E-state index in [2.05, 4.69) is 0 Å². The van der Waals surface area contributed by atoms with Crippen molar-refractivity contribution < 1.29 is 29.0 Å². The van der Waals surface area contributed by atoms with Crippen LogP contribution in [0.4, 0.5) is 17.1 Å². The van der Waals surface area contributed by atoms with Gasteiger partial charge >= 0.3 is 0 Å². The fourth-order valence-corrected chi connectivity index (χ4v) is 9.19. The maximum atomic E-state index is 14.5. The Morgan fingerprint density at radius 2 is 1.80 bits per heavy atom. The molecular formula is C31H36N2O6Si. The van der Waals surface area contributed by atoms with Crippen LogP contribution in [0.5, 0.6) is 5.75 Å². The molecule has 4 atom stereocenters. The molecule has 3 aromatic carbocycles. The van der Waals surface area contributed by atoms with Gasteiger partial charge < -0.3 is 24.3 Å². The van der Waals surface area contributed by atoms with Gasteiger partial charge in [-0.25, -0.2) is 0 Å². The summed E-state index contributed by atoms with van der Waals surface area (Å²) >= 11 is 0. The molecular weight excluding hydrogens is 524 g/mol. The van der Waals surface area contributed by atoms with Crippen molar-refractivity contribution in [1.29, 1.82) is 0 Å². The Hall–Kier alpha value is -3.50. The first-order chi connectivity index (χ1) is 19.1. The lowest BCUT2D eigenvalue weighted by Crippen LogP contribution is -2.46. The molecule has 0 bridgehead atoms. The normalized spacial score (nSPS) is 23.9. The van der Waals surface area contributed by atoms with Gasteiger partial charge in [-0.05, 0) is 67.5 Å². The summed E-state index contributed by atoms with van der Waals surface area (Å²) in [4.78, 5) is 41.1. The summed E-state index contributed by atoms with van der Waals surface area (Å²) in [5.74, 6) is 0.0828. The fourth-order valence-electron chi connectivity index (χ4n) is 6.58. The van der Waals surface area contributed by atoms with Crippen LogP contribution in [0.25, 0.3) is 0 Å². The minimum atomic E-state index is -2.78. The van der Waals surface area contributed by atoms with Gasteiger partial charge in [0.15, 0.2) is 13.9 Å². The van der Waals surface area contributed by atoms with E-state index in [1.165, 1.54) is 0 Å². The Kier molecular flexibility index (Phi) is 7.58. The van der Waals surface area contributed by atoms with Gasteiger partial charge in [-0.2, -0.15) is 0 Å². The fraction of sp³-hybridized carbons (Fsp3) is 0.355. The zero-order valence-corrected chi connectivity index (χ0v) is 24.3. The average molecular weight is 561 g/mol. The number of nitrogens with zero attached hydrogens (tertiary/aromatic N) is 2. The van der Waals surface area contributed by atoms with E-state index in [4.69, 9.17) is 9.47 Å². The first-order valence-electron chi connectivity index (χ1n) is 13.6. The van der Waals surface area contributed by atoms with Crippen LogP contribution in [0.3, 0.4) is 0 Å². The number of ether oxygens (including phenoxy) is 2. The van der Waals surface area contributed by atoms with Crippen LogP contribution < -0.4 is 14.5 Å². The number of methoxy groups -OCH3 is 1. The first kappa shape index (κ1) is 28.0. The number of aliphatic hydroxyl groups excluding tert-OH is 1. The van der Waals surface area contributed by atoms with Gasteiger partial charge in [0.1, 0.15) is 5.75 Å². The maximum Gasteiger partial charge on any atom is 0.264 e. The van der Waals surface area contributed by atoms with Gasteiger partial charge in [0, 0.05) is 35.0 Å². The highest BCUT2D eigenvalue weighted by atomic mass is 28.4. The molecule has 2 N–H and O–H groups in total. The van der Waals surface area contributed by atoms with Crippen LogP contribution >= 0.6 is 0 Å². The summed E-state index contributed by atoms with van der Waals surface area (Å²) < 4.78 is 12.2. The Morgan fingerprint density at radius 3 is 2.45 bits per heavy atom. The average Bonchev–Trinajstić information content (AvgIpc) is 3.36. The van der Waals surface area contributed by atoms with Crippen LogP contribution in [-0.4, -0.2) is 50.4 Å². The molecule has 0 radical (unpaired) electrons. The van der Waals surface area contributed by atoms with Gasteiger partial charge in [-0.15, -0.1) is 0 Å². The molecule has 3 aromatic rings. The molecule has 0 unspecified atom stereocenters. The molecule has 2 amide bonds. The lowest BCUT2D eigenvalue weighted by molar-refractivity contribution is -0.146. The zero-order valence-electron chi connectivity index (χ0n) is 23.3. The summed E-state index contributed by atoms with van der Waals surface area (Å²) in [5, 5.41) is 9.80. The van der Waals surface area contributed by atoms with Crippen molar-refractivity contribution in [2.24, 2.45) is 5.92 Å². The second-order valence-electron chi connectivity index (χ2n) is 11.1. The molecule has 40 heavy (non-hydrogen) atoms. The summed E-state index contributed by atoms with van der Waals surface area (Å²) in [6.07, 6.45) is 0.663. The summed E-state index contributed by atoms with van der Waals surface area (Å²) in [6, 6.07) is 22.5. The number of rotatable bonds is 9. The molecule has 0 aliphatic carbocycles. The molecule has 210 valence electrons. The molecule has 5 rings (SSSR count). The number of amides is 2. The van der Waals surface area contributed by atoms with Gasteiger partial charge in [0.25, 0.3) is 5.91 Å². The summed E-state index contributed by atoms with van der Waals surface area (Å²) in [6.45, 7) is 5.86. The predicted octanol–water partition coefficient (Wildman–Crippen LogP) is 4.72. The van der Waals surface area contributed by atoms with Crippen molar-refractivity contribution in [1.82, 2.24) is 0 Å². The Bertz CT molecular complexity index is 1390. The van der Waals surface area contributed by atoms with Gasteiger partial charge in [-0.3, -0.25) is 14.5 Å². The van der Waals surface area contributed by atoms with E-state index in [0.29, 0.717) is 23.4 Å². The van der Waals surface area contributed by atoms with Gasteiger partial charge in [0.05, 0.1) is 25.4 Å². The van der Waals surface area contributed by atoms with Crippen LogP contribution in [-0.2, 0) is 26.5 Å². The molecule has 9 heteroatoms. The highest BCUT2D eigenvalue weighted by Gasteiger charge is 2.66. The largest absolute Gasteiger partial charge is 0.497 e. The van der Waals surface area contributed by atoms with E-state index < -0.39 is 20.0 Å².